The Balaban J connectivity index is 1.51. The van der Waals surface area contributed by atoms with Crippen molar-refractivity contribution in [1.82, 2.24) is 13.9 Å². The first-order chi connectivity index (χ1) is 14.3. The van der Waals surface area contributed by atoms with Crippen LogP contribution in [0.2, 0.25) is 5.02 Å². The van der Waals surface area contributed by atoms with Gasteiger partial charge in [-0.2, -0.15) is 4.31 Å². The number of halogens is 1. The number of benzene rings is 1. The molecular weight excluding hydrogens is 442 g/mol. The fourth-order valence-electron chi connectivity index (χ4n) is 3.73. The lowest BCUT2D eigenvalue weighted by molar-refractivity contribution is 0.0933. The van der Waals surface area contributed by atoms with Gasteiger partial charge in [0.05, 0.1) is 11.3 Å². The molecule has 0 bridgehead atoms. The third kappa shape index (κ3) is 4.09. The lowest BCUT2D eigenvalue weighted by Gasteiger charge is -2.41. The number of rotatable bonds is 7. The van der Waals surface area contributed by atoms with Gasteiger partial charge in [-0.15, -0.1) is 11.3 Å². The molecule has 3 heterocycles. The molecule has 30 heavy (non-hydrogen) atoms. The second-order valence-corrected chi connectivity index (χ2v) is 11.0. The predicted molar refractivity (Wildman–Crippen MR) is 118 cm³/mol. The molecule has 1 saturated heterocycles. The van der Waals surface area contributed by atoms with Crippen LogP contribution in [-0.4, -0.2) is 41.1 Å². The minimum atomic E-state index is -3.61. The van der Waals surface area contributed by atoms with Crippen LogP contribution in [0.3, 0.4) is 0 Å². The van der Waals surface area contributed by atoms with Gasteiger partial charge in [-0.1, -0.05) is 23.7 Å². The molecule has 2 aromatic heterocycles. The molecule has 0 aliphatic carbocycles. The van der Waals surface area contributed by atoms with E-state index in [2.05, 4.69) is 4.98 Å². The first kappa shape index (κ1) is 21.2. The molecule has 158 valence electrons. The molecule has 1 fully saturated rings. The number of nitrogens with zero attached hydrogens (tertiary/aromatic N) is 3. The van der Waals surface area contributed by atoms with Crippen LogP contribution in [0.5, 0.6) is 0 Å². The topological polar surface area (TPSA) is 72.3 Å². The quantitative estimate of drug-likeness (QED) is 0.494. The molecule has 3 aromatic rings. The summed E-state index contributed by atoms with van der Waals surface area (Å²) < 4.78 is 28.6. The van der Waals surface area contributed by atoms with E-state index in [0.29, 0.717) is 30.1 Å². The van der Waals surface area contributed by atoms with Crippen LogP contribution in [0.1, 0.15) is 33.1 Å². The fourth-order valence-corrected chi connectivity index (χ4v) is 6.51. The van der Waals surface area contributed by atoms with Crippen molar-refractivity contribution in [3.63, 3.8) is 0 Å². The van der Waals surface area contributed by atoms with E-state index in [4.69, 9.17) is 11.6 Å². The summed E-state index contributed by atoms with van der Waals surface area (Å²) in [6.07, 6.45) is 3.27. The molecular formula is C21H22ClN3O3S2. The molecule has 0 amide bonds. The highest BCUT2D eigenvalue weighted by atomic mass is 35.5. The molecule has 0 saturated carbocycles. The standard InChI is InChI=1S/C21H22ClN3O3S2/c1-14-5-6-16(18(22)8-14)19(26)9-17(20-4-3-7-29-20)15-10-25(11-15)30(27,28)21-12-24(2)13-23-21/h3-8,12-13,15,17H,9-11H2,1-2H3. The van der Waals surface area contributed by atoms with Crippen molar-refractivity contribution in [2.45, 2.75) is 24.3 Å². The second kappa shape index (κ2) is 8.26. The van der Waals surface area contributed by atoms with Crippen LogP contribution < -0.4 is 0 Å². The molecule has 1 unspecified atom stereocenters. The van der Waals surface area contributed by atoms with Gasteiger partial charge in [0.1, 0.15) is 0 Å². The Hall–Kier alpha value is -2.00. The van der Waals surface area contributed by atoms with E-state index in [0.717, 1.165) is 10.4 Å². The van der Waals surface area contributed by atoms with Gasteiger partial charge in [0.15, 0.2) is 10.8 Å². The van der Waals surface area contributed by atoms with E-state index < -0.39 is 10.0 Å². The first-order valence-corrected chi connectivity index (χ1v) is 12.3. The Bertz CT molecular complexity index is 1170. The number of thiophene rings is 1. The summed E-state index contributed by atoms with van der Waals surface area (Å²) in [6.45, 7) is 2.67. The van der Waals surface area contributed by atoms with Gasteiger partial charge in [-0.05, 0) is 42.0 Å². The van der Waals surface area contributed by atoms with Crippen molar-refractivity contribution in [2.24, 2.45) is 13.0 Å². The molecule has 0 radical (unpaired) electrons. The number of ketones is 1. The third-order valence-corrected chi connectivity index (χ3v) is 8.50. The first-order valence-electron chi connectivity index (χ1n) is 9.56. The van der Waals surface area contributed by atoms with Crippen molar-refractivity contribution in [1.29, 1.82) is 0 Å². The van der Waals surface area contributed by atoms with Crippen LogP contribution in [0.25, 0.3) is 0 Å². The molecule has 1 aromatic carbocycles. The number of hydrogen-bond acceptors (Lipinski definition) is 5. The number of sulfonamides is 1. The van der Waals surface area contributed by atoms with Gasteiger partial charge in [-0.25, -0.2) is 13.4 Å². The molecule has 1 aliphatic rings. The molecule has 1 aliphatic heterocycles. The van der Waals surface area contributed by atoms with Crippen LogP contribution in [0, 0.1) is 12.8 Å². The zero-order chi connectivity index (χ0) is 21.5. The number of carbonyl (C=O) groups excluding carboxylic acids is 1. The average molecular weight is 464 g/mol. The minimum absolute atomic E-state index is 0.0237. The van der Waals surface area contributed by atoms with Crippen LogP contribution >= 0.6 is 22.9 Å². The van der Waals surface area contributed by atoms with Gasteiger partial charge >= 0.3 is 0 Å². The highest BCUT2D eigenvalue weighted by molar-refractivity contribution is 7.89. The average Bonchev–Trinajstić information content (AvgIpc) is 3.31. The smallest absolute Gasteiger partial charge is 0.262 e. The molecule has 6 nitrogen and oxygen atoms in total. The SMILES string of the molecule is Cc1ccc(C(=O)CC(c2cccs2)C2CN(S(=O)(=O)c3cn(C)cn3)C2)c(Cl)c1. The maximum atomic E-state index is 13.0. The summed E-state index contributed by atoms with van der Waals surface area (Å²) >= 11 is 7.89. The monoisotopic (exact) mass is 463 g/mol. The number of carbonyl (C=O) groups is 1. The maximum Gasteiger partial charge on any atom is 0.262 e. The van der Waals surface area contributed by atoms with Gasteiger partial charge in [0, 0.05) is 49.1 Å². The number of imidazole rings is 1. The Labute approximate surface area is 185 Å². The Morgan fingerprint density at radius 3 is 2.70 bits per heavy atom. The van der Waals surface area contributed by atoms with E-state index in [1.54, 1.807) is 35.1 Å². The number of hydrogen-bond donors (Lipinski definition) is 0. The number of Topliss-reactive ketones (excluding diaryl/α,β-unsaturated/α-hetero) is 1. The van der Waals surface area contributed by atoms with Gasteiger partial charge in [-0.3, -0.25) is 4.79 Å². The Morgan fingerprint density at radius 2 is 2.10 bits per heavy atom. The molecule has 0 spiro atoms. The Morgan fingerprint density at radius 1 is 1.33 bits per heavy atom. The molecule has 1 atom stereocenters. The maximum absolute atomic E-state index is 13.0. The van der Waals surface area contributed by atoms with Crippen molar-refractivity contribution in [2.75, 3.05) is 13.1 Å². The highest BCUT2D eigenvalue weighted by Crippen LogP contribution is 2.40. The molecule has 0 N–H and O–H groups in total. The van der Waals surface area contributed by atoms with E-state index in [-0.39, 0.29) is 22.6 Å². The summed E-state index contributed by atoms with van der Waals surface area (Å²) in [7, 11) is -1.87. The fraction of sp³-hybridized carbons (Fsp3) is 0.333. The Kier molecular flexibility index (Phi) is 5.85. The largest absolute Gasteiger partial charge is 0.339 e. The summed E-state index contributed by atoms with van der Waals surface area (Å²) in [5, 5.41) is 2.49. The van der Waals surface area contributed by atoms with E-state index in [1.807, 2.05) is 30.5 Å². The summed E-state index contributed by atoms with van der Waals surface area (Å²) in [5.74, 6) is -0.00945. The van der Waals surface area contributed by atoms with Crippen LogP contribution in [-0.2, 0) is 17.1 Å². The summed E-state index contributed by atoms with van der Waals surface area (Å²) in [6, 6.07) is 9.40. The molecule has 4 rings (SSSR count). The summed E-state index contributed by atoms with van der Waals surface area (Å²) in [5.41, 5.74) is 1.52. The minimum Gasteiger partial charge on any atom is -0.339 e. The van der Waals surface area contributed by atoms with Crippen molar-refractivity contribution >= 4 is 38.7 Å². The van der Waals surface area contributed by atoms with Crippen LogP contribution in [0.15, 0.2) is 53.3 Å². The summed E-state index contributed by atoms with van der Waals surface area (Å²) in [4.78, 5) is 18.1. The lowest BCUT2D eigenvalue weighted by Crippen LogP contribution is -2.52. The van der Waals surface area contributed by atoms with Gasteiger partial charge in [0.2, 0.25) is 0 Å². The number of aromatic nitrogens is 2. The molecule has 9 heteroatoms. The van der Waals surface area contributed by atoms with Gasteiger partial charge < -0.3 is 4.57 Å². The van der Waals surface area contributed by atoms with Crippen molar-refractivity contribution in [3.05, 3.63) is 69.3 Å². The van der Waals surface area contributed by atoms with Crippen LogP contribution in [0.4, 0.5) is 0 Å². The lowest BCUT2D eigenvalue weighted by atomic mass is 9.82. The van der Waals surface area contributed by atoms with Crippen molar-refractivity contribution < 1.29 is 13.2 Å². The second-order valence-electron chi connectivity index (χ2n) is 7.69. The zero-order valence-electron chi connectivity index (χ0n) is 16.7. The number of aryl methyl sites for hydroxylation is 2. The van der Waals surface area contributed by atoms with Crippen molar-refractivity contribution in [3.8, 4) is 0 Å². The zero-order valence-corrected chi connectivity index (χ0v) is 19.0. The van der Waals surface area contributed by atoms with Gasteiger partial charge in [0.25, 0.3) is 10.0 Å². The normalized spacial score (nSPS) is 16.4. The third-order valence-electron chi connectivity index (χ3n) is 5.47. The van der Waals surface area contributed by atoms with E-state index in [9.17, 15) is 13.2 Å². The van der Waals surface area contributed by atoms with E-state index in [1.165, 1.54) is 16.8 Å². The van der Waals surface area contributed by atoms with E-state index >= 15 is 0 Å². The predicted octanol–water partition coefficient (Wildman–Crippen LogP) is 4.12. The highest BCUT2D eigenvalue weighted by Gasteiger charge is 2.42.